The zero-order valence-electron chi connectivity index (χ0n) is 18.1. The van der Waals surface area contributed by atoms with E-state index in [4.69, 9.17) is 4.98 Å². The average Bonchev–Trinajstić information content (AvgIpc) is 3.24. The maximum atomic E-state index is 13.6. The highest BCUT2D eigenvalue weighted by Gasteiger charge is 2.29. The van der Waals surface area contributed by atoms with Crippen molar-refractivity contribution in [2.24, 2.45) is 0 Å². The Morgan fingerprint density at radius 2 is 2.00 bits per heavy atom. The molecule has 5 aromatic rings. The number of nitrogens with one attached hydrogen (secondary N) is 1. The van der Waals surface area contributed by atoms with Crippen molar-refractivity contribution in [2.45, 2.75) is 38.6 Å². The number of aromatic nitrogens is 5. The number of benzene rings is 1. The normalized spacial score (nSPS) is 13.9. The van der Waals surface area contributed by atoms with E-state index in [0.29, 0.717) is 23.0 Å². The Labute approximate surface area is 192 Å². The van der Waals surface area contributed by atoms with E-state index >= 15 is 0 Å². The van der Waals surface area contributed by atoms with Crippen LogP contribution in [0, 0.1) is 5.82 Å². The fraction of sp³-hybridized carbons (Fsp3) is 0.250. The number of thiazole rings is 1. The quantitative estimate of drug-likeness (QED) is 0.367. The Morgan fingerprint density at radius 3 is 2.73 bits per heavy atom. The maximum Gasteiger partial charge on any atom is 0.257 e. The summed E-state index contributed by atoms with van der Waals surface area (Å²) in [6, 6.07) is 8.14. The zero-order valence-corrected chi connectivity index (χ0v) is 18.9. The Balaban J connectivity index is 1.46. The molecule has 0 aliphatic heterocycles. The van der Waals surface area contributed by atoms with Crippen molar-refractivity contribution < 1.29 is 9.18 Å². The first-order chi connectivity index (χ1) is 16.0. The summed E-state index contributed by atoms with van der Waals surface area (Å²) in [5.74, 6) is 0.380. The highest BCUT2D eigenvalue weighted by Crippen LogP contribution is 2.40. The van der Waals surface area contributed by atoms with Crippen LogP contribution < -0.4 is 5.32 Å². The third-order valence-corrected chi connectivity index (χ3v) is 6.68. The molecule has 0 atom stereocenters. The molecule has 0 radical (unpaired) electrons. The largest absolute Gasteiger partial charge is 0.306 e. The predicted octanol–water partition coefficient (Wildman–Crippen LogP) is 5.66. The number of anilines is 1. The van der Waals surface area contributed by atoms with Crippen LogP contribution in [0.15, 0.2) is 48.1 Å². The third-order valence-electron chi connectivity index (χ3n) is 5.93. The highest BCUT2D eigenvalue weighted by molar-refractivity contribution is 7.15. The summed E-state index contributed by atoms with van der Waals surface area (Å²) in [6.07, 6.45) is 5.75. The first kappa shape index (κ1) is 20.0. The minimum atomic E-state index is -0.320. The smallest absolute Gasteiger partial charge is 0.257 e. The molecule has 0 unspecified atom stereocenters. The summed E-state index contributed by atoms with van der Waals surface area (Å²) >= 11 is 1.47. The number of carbonyl (C=O) groups excluding carboxylic acids is 1. The Kier molecular flexibility index (Phi) is 4.55. The molecular weight excluding hydrogens is 439 g/mol. The van der Waals surface area contributed by atoms with E-state index in [1.165, 1.54) is 23.5 Å². The van der Waals surface area contributed by atoms with Gasteiger partial charge >= 0.3 is 0 Å². The second-order valence-electron chi connectivity index (χ2n) is 8.61. The molecule has 9 heteroatoms. The molecule has 4 aromatic heterocycles. The molecule has 1 aromatic carbocycles. The SMILES string of the molecule is CC(C)n1ncc2c(C(=O)Nc3c(-c4ccc(F)cc4)nc4sccn34)cc(C3CC3)nc21. The van der Waals surface area contributed by atoms with E-state index in [1.54, 1.807) is 18.3 Å². The van der Waals surface area contributed by atoms with Crippen LogP contribution in [0.2, 0.25) is 0 Å². The first-order valence-electron chi connectivity index (χ1n) is 10.9. The molecular formula is C24H21FN6OS. The fourth-order valence-electron chi connectivity index (χ4n) is 4.08. The summed E-state index contributed by atoms with van der Waals surface area (Å²) in [6.45, 7) is 4.10. The van der Waals surface area contributed by atoms with E-state index in [1.807, 2.05) is 40.6 Å². The average molecular weight is 461 g/mol. The van der Waals surface area contributed by atoms with Gasteiger partial charge in [-0.3, -0.25) is 9.20 Å². The summed E-state index contributed by atoms with van der Waals surface area (Å²) in [5, 5.41) is 10.2. The molecule has 1 aliphatic rings. The number of amides is 1. The molecule has 33 heavy (non-hydrogen) atoms. The summed E-state index contributed by atoms with van der Waals surface area (Å²) in [7, 11) is 0. The number of nitrogens with zero attached hydrogens (tertiary/aromatic N) is 5. The minimum Gasteiger partial charge on any atom is -0.306 e. The fourth-order valence-corrected chi connectivity index (χ4v) is 4.79. The first-order valence-corrected chi connectivity index (χ1v) is 11.8. The molecule has 1 saturated carbocycles. The van der Waals surface area contributed by atoms with Crippen molar-refractivity contribution in [3.63, 3.8) is 0 Å². The second kappa shape index (κ2) is 7.48. The Morgan fingerprint density at radius 1 is 1.21 bits per heavy atom. The van der Waals surface area contributed by atoms with Crippen molar-refractivity contribution in [3.8, 4) is 11.3 Å². The van der Waals surface area contributed by atoms with Gasteiger partial charge in [0.25, 0.3) is 5.91 Å². The van der Waals surface area contributed by atoms with Crippen LogP contribution >= 0.6 is 11.3 Å². The molecule has 1 fully saturated rings. The minimum absolute atomic E-state index is 0.130. The van der Waals surface area contributed by atoms with E-state index in [9.17, 15) is 9.18 Å². The zero-order chi connectivity index (χ0) is 22.7. The van der Waals surface area contributed by atoms with Gasteiger partial charge in [0, 0.05) is 34.8 Å². The van der Waals surface area contributed by atoms with Gasteiger partial charge in [0.2, 0.25) is 0 Å². The number of hydrogen-bond acceptors (Lipinski definition) is 5. The lowest BCUT2D eigenvalue weighted by Crippen LogP contribution is -2.15. The van der Waals surface area contributed by atoms with Crippen molar-refractivity contribution in [3.05, 3.63) is 65.2 Å². The van der Waals surface area contributed by atoms with E-state index in [2.05, 4.69) is 15.4 Å². The number of carbonyl (C=O) groups is 1. The molecule has 0 spiro atoms. The number of imidazole rings is 1. The van der Waals surface area contributed by atoms with Gasteiger partial charge < -0.3 is 5.32 Å². The third kappa shape index (κ3) is 3.39. The van der Waals surface area contributed by atoms with Crippen LogP contribution in [0.4, 0.5) is 10.2 Å². The van der Waals surface area contributed by atoms with Crippen molar-refractivity contribution in [1.29, 1.82) is 0 Å². The molecule has 1 N–H and O–H groups in total. The van der Waals surface area contributed by atoms with Crippen LogP contribution in [0.1, 0.15) is 54.7 Å². The molecule has 6 rings (SSSR count). The molecule has 7 nitrogen and oxygen atoms in total. The molecule has 166 valence electrons. The summed E-state index contributed by atoms with van der Waals surface area (Å²) in [5.41, 5.74) is 3.54. The van der Waals surface area contributed by atoms with E-state index in [-0.39, 0.29) is 17.8 Å². The van der Waals surface area contributed by atoms with E-state index < -0.39 is 0 Å². The predicted molar refractivity (Wildman–Crippen MR) is 126 cm³/mol. The molecule has 1 amide bonds. The van der Waals surface area contributed by atoms with Gasteiger partial charge in [-0.15, -0.1) is 11.3 Å². The van der Waals surface area contributed by atoms with Crippen molar-refractivity contribution >= 4 is 39.1 Å². The monoisotopic (exact) mass is 460 g/mol. The van der Waals surface area contributed by atoms with Crippen LogP contribution in [-0.4, -0.2) is 30.1 Å². The van der Waals surface area contributed by atoms with Crippen LogP contribution in [0.3, 0.4) is 0 Å². The van der Waals surface area contributed by atoms with Crippen LogP contribution in [0.5, 0.6) is 0 Å². The van der Waals surface area contributed by atoms with Gasteiger partial charge in [-0.05, 0) is 57.0 Å². The standard InChI is InChI=1S/C24H21FN6OS/c1-13(2)31-21-18(12-26-31)17(11-19(27-21)14-3-4-14)23(32)29-22-20(15-5-7-16(25)8-6-15)28-24-30(22)9-10-33-24/h5-14H,3-4H2,1-2H3,(H,29,32). The topological polar surface area (TPSA) is 77.1 Å². The highest BCUT2D eigenvalue weighted by atomic mass is 32.1. The van der Waals surface area contributed by atoms with Gasteiger partial charge in [-0.1, -0.05) is 0 Å². The number of fused-ring (bicyclic) bond motifs is 2. The summed E-state index contributed by atoms with van der Waals surface area (Å²) < 4.78 is 17.2. The van der Waals surface area contributed by atoms with Gasteiger partial charge in [-0.2, -0.15) is 5.10 Å². The van der Waals surface area contributed by atoms with E-state index in [0.717, 1.165) is 40.1 Å². The van der Waals surface area contributed by atoms with Crippen LogP contribution in [0.25, 0.3) is 27.3 Å². The maximum absolute atomic E-state index is 13.6. The second-order valence-corrected chi connectivity index (χ2v) is 9.49. The number of halogens is 1. The number of pyridine rings is 1. The Bertz CT molecular complexity index is 1510. The Hall–Kier alpha value is -3.59. The lowest BCUT2D eigenvalue weighted by atomic mass is 10.1. The van der Waals surface area contributed by atoms with Gasteiger partial charge in [0.15, 0.2) is 10.6 Å². The molecule has 0 saturated heterocycles. The number of rotatable bonds is 5. The van der Waals surface area contributed by atoms with Gasteiger partial charge in [0.1, 0.15) is 17.3 Å². The number of hydrogen-bond donors (Lipinski definition) is 1. The summed E-state index contributed by atoms with van der Waals surface area (Å²) in [4.78, 5) is 23.9. The molecule has 0 bridgehead atoms. The van der Waals surface area contributed by atoms with Crippen molar-refractivity contribution in [2.75, 3.05) is 5.32 Å². The lowest BCUT2D eigenvalue weighted by molar-refractivity contribution is 0.102. The lowest BCUT2D eigenvalue weighted by Gasteiger charge is -2.11. The van der Waals surface area contributed by atoms with Crippen LogP contribution in [-0.2, 0) is 0 Å². The van der Waals surface area contributed by atoms with Crippen molar-refractivity contribution in [1.82, 2.24) is 24.1 Å². The molecule has 4 heterocycles. The molecule has 1 aliphatic carbocycles. The van der Waals surface area contributed by atoms with Gasteiger partial charge in [-0.25, -0.2) is 19.0 Å². The van der Waals surface area contributed by atoms with Gasteiger partial charge in [0.05, 0.1) is 17.1 Å².